The molecule has 0 radical (unpaired) electrons. The van der Waals surface area contributed by atoms with Gasteiger partial charge in [-0.25, -0.2) is 4.72 Å². The third kappa shape index (κ3) is 4.72. The molecule has 0 unspecified atom stereocenters. The third-order valence-electron chi connectivity index (χ3n) is 2.60. The molecule has 0 saturated heterocycles. The van der Waals surface area contributed by atoms with Crippen molar-refractivity contribution in [3.63, 3.8) is 0 Å². The van der Waals surface area contributed by atoms with Crippen molar-refractivity contribution < 1.29 is 8.42 Å². The van der Waals surface area contributed by atoms with E-state index >= 15 is 0 Å². The van der Waals surface area contributed by atoms with Gasteiger partial charge in [0.05, 0.1) is 12.2 Å². The minimum absolute atomic E-state index is 0.257. The van der Waals surface area contributed by atoms with Crippen LogP contribution in [0.25, 0.3) is 0 Å². The average Bonchev–Trinajstić information content (AvgIpc) is 2.83. The molecule has 0 aliphatic heterocycles. The van der Waals surface area contributed by atoms with Crippen LogP contribution in [-0.4, -0.2) is 30.0 Å². The lowest BCUT2D eigenvalue weighted by Crippen LogP contribution is -2.37. The fraction of sp³-hybridized carbons (Fsp3) is 0.333. The van der Waals surface area contributed by atoms with Crippen LogP contribution in [-0.2, 0) is 23.3 Å². The lowest BCUT2D eigenvalue weighted by molar-refractivity contribution is 0.543. The Morgan fingerprint density at radius 2 is 1.95 bits per heavy atom. The van der Waals surface area contributed by atoms with Gasteiger partial charge in [0.1, 0.15) is 0 Å². The predicted molar refractivity (Wildman–Crippen MR) is 75.0 cm³/mol. The minimum Gasteiger partial charge on any atom is -0.251 e. The summed E-state index contributed by atoms with van der Waals surface area (Å²) in [6.45, 7) is 2.79. The van der Waals surface area contributed by atoms with Gasteiger partial charge in [0.25, 0.3) is 10.2 Å². The van der Waals surface area contributed by atoms with Gasteiger partial charge in [-0.3, -0.25) is 4.68 Å². The van der Waals surface area contributed by atoms with E-state index in [2.05, 4.69) is 19.8 Å². The van der Waals surface area contributed by atoms with Crippen LogP contribution >= 0.6 is 0 Å². The zero-order valence-electron chi connectivity index (χ0n) is 11.2. The van der Waals surface area contributed by atoms with E-state index in [1.165, 1.54) is 0 Å². The minimum atomic E-state index is -3.50. The third-order valence-corrected chi connectivity index (χ3v) is 3.70. The highest BCUT2D eigenvalue weighted by molar-refractivity contribution is 7.87. The molecule has 0 aliphatic carbocycles. The maximum atomic E-state index is 11.7. The Labute approximate surface area is 118 Å². The van der Waals surface area contributed by atoms with Crippen molar-refractivity contribution in [2.75, 3.05) is 6.54 Å². The van der Waals surface area contributed by atoms with E-state index in [9.17, 15) is 8.42 Å². The molecule has 2 N–H and O–H groups in total. The van der Waals surface area contributed by atoms with Crippen LogP contribution in [0.2, 0.25) is 0 Å². The molecule has 0 aliphatic rings. The molecule has 7 nitrogen and oxygen atoms in total. The Kier molecular flexibility index (Phi) is 4.83. The highest BCUT2D eigenvalue weighted by atomic mass is 32.2. The number of aromatic nitrogens is 3. The molecule has 8 heteroatoms. The zero-order chi connectivity index (χ0) is 14.4. The topological polar surface area (TPSA) is 88.9 Å². The number of nitrogens with one attached hydrogen (secondary N) is 2. The molecular formula is C12H17N5O2S. The number of hydrogen-bond donors (Lipinski definition) is 2. The number of rotatable bonds is 7. The maximum absolute atomic E-state index is 11.7. The summed E-state index contributed by atoms with van der Waals surface area (Å²) < 4.78 is 30.0. The van der Waals surface area contributed by atoms with Gasteiger partial charge in [-0.15, -0.1) is 5.10 Å². The smallest absolute Gasteiger partial charge is 0.251 e. The molecule has 0 spiro atoms. The lowest BCUT2D eigenvalue weighted by Gasteiger charge is -2.08. The van der Waals surface area contributed by atoms with Crippen molar-refractivity contribution in [1.82, 2.24) is 24.4 Å². The first-order chi connectivity index (χ1) is 9.55. The van der Waals surface area contributed by atoms with Crippen molar-refractivity contribution in [1.29, 1.82) is 0 Å². The average molecular weight is 295 g/mol. The van der Waals surface area contributed by atoms with Gasteiger partial charge in [0.15, 0.2) is 0 Å². The summed E-state index contributed by atoms with van der Waals surface area (Å²) in [6, 6.07) is 9.34. The second kappa shape index (κ2) is 6.60. The Balaban J connectivity index is 1.76. The van der Waals surface area contributed by atoms with Crippen molar-refractivity contribution in [2.24, 2.45) is 0 Å². The van der Waals surface area contributed by atoms with E-state index in [4.69, 9.17) is 0 Å². The molecule has 108 valence electrons. The number of benzene rings is 1. The fourth-order valence-corrected chi connectivity index (χ4v) is 2.44. The Hall–Kier alpha value is -1.77. The summed E-state index contributed by atoms with van der Waals surface area (Å²) in [7, 11) is -3.50. The molecule has 1 heterocycles. The van der Waals surface area contributed by atoms with Crippen LogP contribution in [0.4, 0.5) is 0 Å². The molecule has 20 heavy (non-hydrogen) atoms. The standard InChI is InChI=1S/C12H17N5O2S/c1-11-10-17(16-15-11)8-7-13-20(18,19)14-9-12-5-3-2-4-6-12/h2-6,10,13-14H,7-9H2,1H3. The largest absolute Gasteiger partial charge is 0.277 e. The highest BCUT2D eigenvalue weighted by Gasteiger charge is 2.08. The Morgan fingerprint density at radius 3 is 2.60 bits per heavy atom. The summed E-state index contributed by atoms with van der Waals surface area (Å²) in [6.07, 6.45) is 1.76. The summed E-state index contributed by atoms with van der Waals surface area (Å²) in [5.74, 6) is 0. The first-order valence-corrected chi connectivity index (χ1v) is 7.68. The van der Waals surface area contributed by atoms with Crippen LogP contribution in [0, 0.1) is 6.92 Å². The quantitative estimate of drug-likeness (QED) is 0.764. The van der Waals surface area contributed by atoms with Gasteiger partial charge in [-0.05, 0) is 12.5 Å². The van der Waals surface area contributed by atoms with Crippen molar-refractivity contribution in [3.8, 4) is 0 Å². The van der Waals surface area contributed by atoms with E-state index in [-0.39, 0.29) is 13.1 Å². The van der Waals surface area contributed by atoms with Gasteiger partial charge in [-0.1, -0.05) is 35.5 Å². The van der Waals surface area contributed by atoms with Crippen molar-refractivity contribution in [3.05, 3.63) is 47.8 Å². The van der Waals surface area contributed by atoms with Crippen molar-refractivity contribution >= 4 is 10.2 Å². The van der Waals surface area contributed by atoms with Gasteiger partial charge < -0.3 is 0 Å². The van der Waals surface area contributed by atoms with E-state index < -0.39 is 10.2 Å². The van der Waals surface area contributed by atoms with E-state index in [1.807, 2.05) is 37.3 Å². The molecule has 1 aromatic carbocycles. The Morgan fingerprint density at radius 1 is 1.20 bits per heavy atom. The monoisotopic (exact) mass is 295 g/mol. The molecule has 1 aromatic heterocycles. The molecule has 0 saturated carbocycles. The zero-order valence-corrected chi connectivity index (χ0v) is 12.0. The summed E-state index contributed by atoms with van der Waals surface area (Å²) >= 11 is 0. The van der Waals surface area contributed by atoms with Gasteiger partial charge >= 0.3 is 0 Å². The molecule has 0 bridgehead atoms. The Bertz CT molecular complexity index is 639. The first kappa shape index (κ1) is 14.6. The molecule has 0 amide bonds. The molecule has 0 atom stereocenters. The van der Waals surface area contributed by atoms with Gasteiger partial charge in [0, 0.05) is 19.3 Å². The SMILES string of the molecule is Cc1cn(CCNS(=O)(=O)NCc2ccccc2)nn1. The summed E-state index contributed by atoms with van der Waals surface area (Å²) in [5, 5.41) is 7.67. The van der Waals surface area contributed by atoms with Crippen LogP contribution < -0.4 is 9.44 Å². The molecular weight excluding hydrogens is 278 g/mol. The van der Waals surface area contributed by atoms with E-state index in [1.54, 1.807) is 10.9 Å². The van der Waals surface area contributed by atoms with Crippen molar-refractivity contribution in [2.45, 2.75) is 20.0 Å². The fourth-order valence-electron chi connectivity index (χ4n) is 1.62. The number of hydrogen-bond acceptors (Lipinski definition) is 4. The van der Waals surface area contributed by atoms with Gasteiger partial charge in [0.2, 0.25) is 0 Å². The van der Waals surface area contributed by atoms with Crippen LogP contribution in [0.3, 0.4) is 0 Å². The van der Waals surface area contributed by atoms with Crippen LogP contribution in [0.1, 0.15) is 11.3 Å². The highest BCUT2D eigenvalue weighted by Crippen LogP contribution is 1.97. The van der Waals surface area contributed by atoms with Crippen LogP contribution in [0.5, 0.6) is 0 Å². The van der Waals surface area contributed by atoms with E-state index in [0.29, 0.717) is 6.54 Å². The second-order valence-electron chi connectivity index (χ2n) is 4.33. The summed E-state index contributed by atoms with van der Waals surface area (Å²) in [4.78, 5) is 0. The van der Waals surface area contributed by atoms with E-state index in [0.717, 1.165) is 11.3 Å². The second-order valence-corrected chi connectivity index (χ2v) is 5.91. The molecule has 2 rings (SSSR count). The lowest BCUT2D eigenvalue weighted by atomic mass is 10.2. The predicted octanol–water partition coefficient (Wildman–Crippen LogP) is 0.211. The number of aryl methyl sites for hydroxylation is 1. The first-order valence-electron chi connectivity index (χ1n) is 6.20. The number of nitrogens with zero attached hydrogens (tertiary/aromatic N) is 3. The maximum Gasteiger partial charge on any atom is 0.277 e. The van der Waals surface area contributed by atoms with Crippen LogP contribution in [0.15, 0.2) is 36.5 Å². The summed E-state index contributed by atoms with van der Waals surface area (Å²) in [5.41, 5.74) is 1.71. The molecule has 0 fully saturated rings. The normalized spacial score (nSPS) is 11.7. The molecule has 2 aromatic rings. The van der Waals surface area contributed by atoms with Gasteiger partial charge in [-0.2, -0.15) is 13.1 Å².